The fourth-order valence-corrected chi connectivity index (χ4v) is 8.90. The van der Waals surface area contributed by atoms with Gasteiger partial charge in [-0.1, -0.05) is 76.2 Å². The summed E-state index contributed by atoms with van der Waals surface area (Å²) in [7, 11) is 3.38. The van der Waals surface area contributed by atoms with Gasteiger partial charge in [-0.2, -0.15) is 0 Å². The molecule has 5 aromatic carbocycles. The Morgan fingerprint density at radius 1 is 0.558 bits per heavy atom. The minimum absolute atomic E-state index is 0.141. The van der Waals surface area contributed by atoms with Crippen molar-refractivity contribution in [1.82, 2.24) is 0 Å². The molecule has 3 nitrogen and oxygen atoms in total. The van der Waals surface area contributed by atoms with Gasteiger partial charge in [0.15, 0.2) is 0 Å². The number of rotatable bonds is 4. The van der Waals surface area contributed by atoms with Crippen LogP contribution in [0.25, 0.3) is 44.2 Å². The Kier molecular flexibility index (Phi) is 6.18. The van der Waals surface area contributed by atoms with Crippen LogP contribution in [0.2, 0.25) is 0 Å². The van der Waals surface area contributed by atoms with E-state index in [-0.39, 0.29) is 16.2 Å². The van der Waals surface area contributed by atoms with Gasteiger partial charge in [0.2, 0.25) is 0 Å². The Labute approximate surface area is 255 Å². The molecular weight excluding hydrogens is 528 g/mol. The molecule has 0 bridgehead atoms. The standard InChI is InChI=1S/C40H40O3/c1-38(2)22-39(3,4)24-40(23-38)34-10-8-7-9-29(34)37-33-20-31(26-13-17-28(43-6)18-14-26)30(19-32(33)36(41)21-35(37)40)25-11-15-27(42-5)16-12-25/h7-21,41H,22-24H2,1-6H3. The van der Waals surface area contributed by atoms with Crippen molar-refractivity contribution in [2.75, 3.05) is 14.2 Å². The Morgan fingerprint density at radius 2 is 1.07 bits per heavy atom. The van der Waals surface area contributed by atoms with Crippen molar-refractivity contribution in [1.29, 1.82) is 0 Å². The van der Waals surface area contributed by atoms with Gasteiger partial charge in [0.05, 0.1) is 14.2 Å². The normalized spacial score (nSPS) is 17.4. The summed E-state index contributed by atoms with van der Waals surface area (Å²) in [4.78, 5) is 0. The minimum Gasteiger partial charge on any atom is -0.507 e. The molecule has 3 heteroatoms. The van der Waals surface area contributed by atoms with Crippen molar-refractivity contribution >= 4 is 10.8 Å². The van der Waals surface area contributed by atoms with Crippen LogP contribution in [0.5, 0.6) is 17.2 Å². The van der Waals surface area contributed by atoms with E-state index < -0.39 is 0 Å². The van der Waals surface area contributed by atoms with Gasteiger partial charge in [0.25, 0.3) is 0 Å². The Balaban J connectivity index is 1.55. The highest BCUT2D eigenvalue weighted by Gasteiger charge is 2.53. The van der Waals surface area contributed by atoms with E-state index in [4.69, 9.17) is 9.47 Å². The SMILES string of the molecule is COc1ccc(-c2cc3c(O)cc4c(c3cc2-c2ccc(OC)cc2)-c2ccccc2C42CC(C)(C)CC(C)(C)C2)cc1. The summed E-state index contributed by atoms with van der Waals surface area (Å²) in [5.41, 5.74) is 9.82. The third kappa shape index (κ3) is 4.40. The molecule has 0 amide bonds. The topological polar surface area (TPSA) is 38.7 Å². The van der Waals surface area contributed by atoms with E-state index >= 15 is 0 Å². The molecule has 0 radical (unpaired) electrons. The molecular formula is C40H40O3. The van der Waals surface area contributed by atoms with Crippen LogP contribution in [0.15, 0.2) is 91.0 Å². The van der Waals surface area contributed by atoms with Crippen molar-refractivity contribution in [2.45, 2.75) is 52.4 Å². The molecule has 7 rings (SSSR count). The predicted octanol–water partition coefficient (Wildman–Crippen LogP) is 10.4. The van der Waals surface area contributed by atoms with Gasteiger partial charge in [-0.05, 0) is 122 Å². The van der Waals surface area contributed by atoms with Gasteiger partial charge in [0, 0.05) is 10.8 Å². The van der Waals surface area contributed by atoms with E-state index in [1.165, 1.54) is 28.7 Å². The van der Waals surface area contributed by atoms with Crippen molar-refractivity contribution in [2.24, 2.45) is 10.8 Å². The number of ether oxygens (including phenoxy) is 2. The van der Waals surface area contributed by atoms with Crippen LogP contribution < -0.4 is 9.47 Å². The fourth-order valence-electron chi connectivity index (χ4n) is 8.90. The summed E-state index contributed by atoms with van der Waals surface area (Å²) < 4.78 is 10.9. The zero-order valence-corrected chi connectivity index (χ0v) is 26.0. The molecule has 1 N–H and O–H groups in total. The molecule has 5 aromatic rings. The summed E-state index contributed by atoms with van der Waals surface area (Å²) in [6.45, 7) is 9.67. The maximum Gasteiger partial charge on any atom is 0.123 e. The second kappa shape index (κ2) is 9.64. The Morgan fingerprint density at radius 3 is 1.60 bits per heavy atom. The first kappa shape index (κ1) is 27.6. The highest BCUT2D eigenvalue weighted by atomic mass is 16.5. The molecule has 0 unspecified atom stereocenters. The molecule has 1 fully saturated rings. The van der Waals surface area contributed by atoms with Gasteiger partial charge in [0.1, 0.15) is 17.2 Å². The van der Waals surface area contributed by atoms with Gasteiger partial charge >= 0.3 is 0 Å². The molecule has 0 aromatic heterocycles. The first-order valence-electron chi connectivity index (χ1n) is 15.3. The molecule has 2 aliphatic rings. The number of benzene rings is 5. The van der Waals surface area contributed by atoms with Crippen molar-refractivity contribution in [3.05, 3.63) is 102 Å². The highest BCUT2D eigenvalue weighted by Crippen LogP contribution is 2.65. The largest absolute Gasteiger partial charge is 0.507 e. The van der Waals surface area contributed by atoms with E-state index in [1.807, 2.05) is 24.3 Å². The lowest BCUT2D eigenvalue weighted by atomic mass is 9.52. The number of hydrogen-bond acceptors (Lipinski definition) is 3. The first-order valence-corrected chi connectivity index (χ1v) is 15.3. The van der Waals surface area contributed by atoms with E-state index in [0.29, 0.717) is 5.75 Å². The maximum atomic E-state index is 11.8. The molecule has 0 aliphatic heterocycles. The van der Waals surface area contributed by atoms with Crippen LogP contribution in [0.3, 0.4) is 0 Å². The minimum atomic E-state index is -0.141. The lowest BCUT2D eigenvalue weighted by Gasteiger charge is -2.51. The van der Waals surface area contributed by atoms with Crippen molar-refractivity contribution in [3.63, 3.8) is 0 Å². The third-order valence-electron chi connectivity index (χ3n) is 9.80. The van der Waals surface area contributed by atoms with E-state index in [0.717, 1.165) is 57.4 Å². The molecule has 1 saturated carbocycles. The van der Waals surface area contributed by atoms with Crippen molar-refractivity contribution in [3.8, 4) is 50.6 Å². The van der Waals surface area contributed by atoms with Gasteiger partial charge in [-0.25, -0.2) is 0 Å². The average molecular weight is 569 g/mol. The highest BCUT2D eigenvalue weighted by molar-refractivity contribution is 6.09. The maximum absolute atomic E-state index is 11.8. The number of fused-ring (bicyclic) bond motifs is 7. The monoisotopic (exact) mass is 568 g/mol. The number of phenolic OH excluding ortho intramolecular Hbond substituents is 1. The number of aromatic hydroxyl groups is 1. The quantitative estimate of drug-likeness (QED) is 0.234. The summed E-state index contributed by atoms with van der Waals surface area (Å²) in [5, 5.41) is 13.8. The third-order valence-corrected chi connectivity index (χ3v) is 9.80. The average Bonchev–Trinajstić information content (AvgIpc) is 3.23. The Bertz CT molecular complexity index is 1840. The van der Waals surface area contributed by atoms with Gasteiger partial charge in [-0.15, -0.1) is 0 Å². The van der Waals surface area contributed by atoms with Gasteiger partial charge in [-0.3, -0.25) is 0 Å². The number of hydrogen-bond donors (Lipinski definition) is 1. The molecule has 0 atom stereocenters. The molecule has 0 saturated heterocycles. The summed E-state index contributed by atoms with van der Waals surface area (Å²) >= 11 is 0. The zero-order chi connectivity index (χ0) is 30.1. The molecule has 43 heavy (non-hydrogen) atoms. The number of phenols is 1. The molecule has 2 aliphatic carbocycles. The lowest BCUT2D eigenvalue weighted by molar-refractivity contribution is 0.0645. The molecule has 218 valence electrons. The summed E-state index contributed by atoms with van der Waals surface area (Å²) in [6, 6.07) is 32.0. The summed E-state index contributed by atoms with van der Waals surface area (Å²) in [6.07, 6.45) is 3.31. The zero-order valence-electron chi connectivity index (χ0n) is 26.0. The smallest absolute Gasteiger partial charge is 0.123 e. The number of methoxy groups -OCH3 is 2. The fraction of sp³-hybridized carbons (Fsp3) is 0.300. The van der Waals surface area contributed by atoms with Crippen LogP contribution >= 0.6 is 0 Å². The van der Waals surface area contributed by atoms with Crippen LogP contribution in [-0.4, -0.2) is 19.3 Å². The first-order chi connectivity index (χ1) is 20.5. The predicted molar refractivity (Wildman–Crippen MR) is 177 cm³/mol. The van der Waals surface area contributed by atoms with E-state index in [9.17, 15) is 5.11 Å². The second-order valence-corrected chi connectivity index (χ2v) is 14.2. The lowest BCUT2D eigenvalue weighted by Crippen LogP contribution is -2.43. The van der Waals surface area contributed by atoms with Gasteiger partial charge < -0.3 is 14.6 Å². The van der Waals surface area contributed by atoms with E-state index in [2.05, 4.69) is 94.4 Å². The second-order valence-electron chi connectivity index (χ2n) is 14.2. The Hall–Kier alpha value is -4.24. The van der Waals surface area contributed by atoms with E-state index in [1.54, 1.807) is 14.2 Å². The van der Waals surface area contributed by atoms with Crippen molar-refractivity contribution < 1.29 is 14.6 Å². The van der Waals surface area contributed by atoms with Crippen LogP contribution in [0, 0.1) is 10.8 Å². The van der Waals surface area contributed by atoms with Crippen LogP contribution in [0.4, 0.5) is 0 Å². The molecule has 0 heterocycles. The van der Waals surface area contributed by atoms with Crippen LogP contribution in [0.1, 0.15) is 58.1 Å². The van der Waals surface area contributed by atoms with Crippen LogP contribution in [-0.2, 0) is 5.41 Å². The molecule has 1 spiro atoms. The summed E-state index contributed by atoms with van der Waals surface area (Å²) in [5.74, 6) is 1.99.